The van der Waals surface area contributed by atoms with Crippen LogP contribution in [0, 0.1) is 12.7 Å². The molecule has 2 rings (SSSR count). The molecular formula is C17H17ClFNOS. The molecule has 22 heavy (non-hydrogen) atoms. The molecule has 0 saturated heterocycles. The van der Waals surface area contributed by atoms with E-state index in [1.165, 1.54) is 17.8 Å². The number of amides is 1. The molecule has 0 saturated carbocycles. The molecule has 0 radical (unpaired) electrons. The SMILES string of the molecule is Cc1ccc(CNC(=O)C(C)Sc2ccc(Cl)cc2)cc1F. The van der Waals surface area contributed by atoms with Gasteiger partial charge in [0.25, 0.3) is 0 Å². The van der Waals surface area contributed by atoms with E-state index in [0.29, 0.717) is 17.1 Å². The Morgan fingerprint density at radius 1 is 1.27 bits per heavy atom. The van der Waals surface area contributed by atoms with Crippen molar-refractivity contribution in [2.75, 3.05) is 0 Å². The quantitative estimate of drug-likeness (QED) is 0.809. The van der Waals surface area contributed by atoms with Crippen LogP contribution < -0.4 is 5.32 Å². The molecule has 116 valence electrons. The fraction of sp³-hybridized carbons (Fsp3) is 0.235. The predicted octanol–water partition coefficient (Wildman–Crippen LogP) is 4.58. The van der Waals surface area contributed by atoms with Crippen LogP contribution in [0.4, 0.5) is 4.39 Å². The Balaban J connectivity index is 1.88. The highest BCUT2D eigenvalue weighted by Crippen LogP contribution is 2.24. The topological polar surface area (TPSA) is 29.1 Å². The van der Waals surface area contributed by atoms with E-state index in [0.717, 1.165) is 10.5 Å². The number of hydrogen-bond acceptors (Lipinski definition) is 2. The minimum atomic E-state index is -0.254. The summed E-state index contributed by atoms with van der Waals surface area (Å²) < 4.78 is 13.5. The van der Waals surface area contributed by atoms with Gasteiger partial charge in [-0.3, -0.25) is 4.79 Å². The van der Waals surface area contributed by atoms with Crippen LogP contribution in [0.1, 0.15) is 18.1 Å². The van der Waals surface area contributed by atoms with Crippen LogP contribution in [-0.4, -0.2) is 11.2 Å². The number of carbonyl (C=O) groups excluding carboxylic acids is 1. The highest BCUT2D eigenvalue weighted by molar-refractivity contribution is 8.00. The van der Waals surface area contributed by atoms with Crippen molar-refractivity contribution >= 4 is 29.3 Å². The molecule has 0 bridgehead atoms. The first-order valence-electron chi connectivity index (χ1n) is 6.90. The van der Waals surface area contributed by atoms with Gasteiger partial charge in [-0.25, -0.2) is 4.39 Å². The summed E-state index contributed by atoms with van der Waals surface area (Å²) >= 11 is 7.29. The van der Waals surface area contributed by atoms with E-state index in [1.807, 2.05) is 25.1 Å². The average Bonchev–Trinajstić information content (AvgIpc) is 2.50. The van der Waals surface area contributed by atoms with Gasteiger partial charge in [0.1, 0.15) is 5.82 Å². The van der Waals surface area contributed by atoms with Crippen LogP contribution in [0.5, 0.6) is 0 Å². The van der Waals surface area contributed by atoms with Gasteiger partial charge in [-0.05, 0) is 55.3 Å². The van der Waals surface area contributed by atoms with Crippen LogP contribution in [0.2, 0.25) is 5.02 Å². The highest BCUT2D eigenvalue weighted by Gasteiger charge is 2.14. The summed E-state index contributed by atoms with van der Waals surface area (Å²) in [7, 11) is 0. The first-order chi connectivity index (χ1) is 10.5. The molecule has 0 fully saturated rings. The summed E-state index contributed by atoms with van der Waals surface area (Å²) in [6.45, 7) is 3.87. The molecule has 2 aromatic rings. The van der Waals surface area contributed by atoms with Crippen LogP contribution >= 0.6 is 23.4 Å². The Morgan fingerprint density at radius 3 is 2.59 bits per heavy atom. The molecule has 2 aromatic carbocycles. The minimum absolute atomic E-state index is 0.0825. The van der Waals surface area contributed by atoms with Gasteiger partial charge < -0.3 is 5.32 Å². The van der Waals surface area contributed by atoms with Gasteiger partial charge >= 0.3 is 0 Å². The third-order valence-electron chi connectivity index (χ3n) is 3.20. The summed E-state index contributed by atoms with van der Waals surface area (Å²) in [5.74, 6) is -0.337. The second-order valence-electron chi connectivity index (χ2n) is 5.02. The highest BCUT2D eigenvalue weighted by atomic mass is 35.5. The smallest absolute Gasteiger partial charge is 0.233 e. The van der Waals surface area contributed by atoms with E-state index < -0.39 is 0 Å². The molecule has 0 aromatic heterocycles. The fourth-order valence-electron chi connectivity index (χ4n) is 1.85. The van der Waals surface area contributed by atoms with E-state index in [4.69, 9.17) is 11.6 Å². The van der Waals surface area contributed by atoms with Gasteiger partial charge in [0.05, 0.1) is 5.25 Å². The first-order valence-corrected chi connectivity index (χ1v) is 8.16. The van der Waals surface area contributed by atoms with Gasteiger partial charge in [-0.2, -0.15) is 0 Å². The van der Waals surface area contributed by atoms with Crippen molar-refractivity contribution in [1.82, 2.24) is 5.32 Å². The average molecular weight is 338 g/mol. The van der Waals surface area contributed by atoms with Gasteiger partial charge in [-0.15, -0.1) is 11.8 Å². The lowest BCUT2D eigenvalue weighted by molar-refractivity contribution is -0.120. The monoisotopic (exact) mass is 337 g/mol. The van der Waals surface area contributed by atoms with Crippen molar-refractivity contribution < 1.29 is 9.18 Å². The third-order valence-corrected chi connectivity index (χ3v) is 4.56. The molecule has 0 spiro atoms. The van der Waals surface area contributed by atoms with Crippen molar-refractivity contribution in [3.8, 4) is 0 Å². The Labute approximate surface area is 139 Å². The van der Waals surface area contributed by atoms with Crippen LogP contribution in [0.3, 0.4) is 0 Å². The van der Waals surface area contributed by atoms with Crippen molar-refractivity contribution in [3.05, 3.63) is 64.4 Å². The molecule has 0 aliphatic heterocycles. The number of carbonyl (C=O) groups is 1. The third kappa shape index (κ3) is 4.75. The van der Waals surface area contributed by atoms with E-state index in [1.54, 1.807) is 25.1 Å². The Hall–Kier alpha value is -1.52. The molecule has 1 atom stereocenters. The number of aryl methyl sites for hydroxylation is 1. The number of hydrogen-bond donors (Lipinski definition) is 1. The van der Waals surface area contributed by atoms with Crippen LogP contribution in [0.15, 0.2) is 47.4 Å². The summed E-state index contributed by atoms with van der Waals surface area (Å²) in [5.41, 5.74) is 1.35. The summed E-state index contributed by atoms with van der Waals surface area (Å²) in [4.78, 5) is 13.1. The zero-order valence-electron chi connectivity index (χ0n) is 12.4. The number of benzene rings is 2. The summed E-state index contributed by atoms with van der Waals surface area (Å²) in [6, 6.07) is 12.3. The zero-order chi connectivity index (χ0) is 16.1. The maximum absolute atomic E-state index is 13.5. The molecule has 0 heterocycles. The van der Waals surface area contributed by atoms with Gasteiger partial charge in [0.2, 0.25) is 5.91 Å². The van der Waals surface area contributed by atoms with Crippen molar-refractivity contribution in [2.45, 2.75) is 30.5 Å². The molecule has 1 N–H and O–H groups in total. The lowest BCUT2D eigenvalue weighted by Crippen LogP contribution is -2.30. The Morgan fingerprint density at radius 2 is 1.95 bits per heavy atom. The molecule has 0 aliphatic rings. The van der Waals surface area contributed by atoms with Crippen molar-refractivity contribution in [2.24, 2.45) is 0 Å². The Kier molecular flexibility index (Phi) is 5.86. The standard InChI is InChI=1S/C17H17ClFNOS/c1-11-3-4-13(9-16(11)19)10-20-17(21)12(2)22-15-7-5-14(18)6-8-15/h3-9,12H,10H2,1-2H3,(H,20,21). The lowest BCUT2D eigenvalue weighted by atomic mass is 10.1. The summed E-state index contributed by atoms with van der Waals surface area (Å²) in [5, 5.41) is 3.25. The maximum atomic E-state index is 13.5. The van der Waals surface area contributed by atoms with Crippen LogP contribution in [0.25, 0.3) is 0 Å². The van der Waals surface area contributed by atoms with Gasteiger partial charge in [0.15, 0.2) is 0 Å². The number of nitrogens with one attached hydrogen (secondary N) is 1. The lowest BCUT2D eigenvalue weighted by Gasteiger charge is -2.12. The van der Waals surface area contributed by atoms with Crippen LogP contribution in [-0.2, 0) is 11.3 Å². The Bertz CT molecular complexity index is 660. The van der Waals surface area contributed by atoms with E-state index in [2.05, 4.69) is 5.32 Å². The molecule has 2 nitrogen and oxygen atoms in total. The second kappa shape index (κ2) is 7.65. The van der Waals surface area contributed by atoms with Gasteiger partial charge in [0, 0.05) is 16.5 Å². The minimum Gasteiger partial charge on any atom is -0.351 e. The molecule has 1 unspecified atom stereocenters. The van der Waals surface area contributed by atoms with Crippen molar-refractivity contribution in [1.29, 1.82) is 0 Å². The fourth-order valence-corrected chi connectivity index (χ4v) is 2.87. The number of rotatable bonds is 5. The normalized spacial score (nSPS) is 12.0. The van der Waals surface area contributed by atoms with E-state index >= 15 is 0 Å². The molecule has 5 heteroatoms. The maximum Gasteiger partial charge on any atom is 0.233 e. The van der Waals surface area contributed by atoms with Crippen molar-refractivity contribution in [3.63, 3.8) is 0 Å². The molecular weight excluding hydrogens is 321 g/mol. The molecule has 1 amide bonds. The van der Waals surface area contributed by atoms with Gasteiger partial charge in [-0.1, -0.05) is 23.7 Å². The first kappa shape index (κ1) is 16.8. The second-order valence-corrected chi connectivity index (χ2v) is 6.87. The zero-order valence-corrected chi connectivity index (χ0v) is 14.0. The van der Waals surface area contributed by atoms with E-state index in [9.17, 15) is 9.18 Å². The molecule has 0 aliphatic carbocycles. The predicted molar refractivity (Wildman–Crippen MR) is 89.8 cm³/mol. The summed E-state index contributed by atoms with van der Waals surface area (Å²) in [6.07, 6.45) is 0. The number of thioether (sulfide) groups is 1. The number of halogens is 2. The largest absolute Gasteiger partial charge is 0.351 e. The van der Waals surface area contributed by atoms with E-state index in [-0.39, 0.29) is 17.0 Å².